The van der Waals surface area contributed by atoms with Crippen molar-refractivity contribution in [3.8, 4) is 0 Å². The second-order valence-electron chi connectivity index (χ2n) is 4.85. The largest absolute Gasteiger partial charge is 0.462 e. The number of carbonyl (C=O) groups excluding carboxylic acids is 1. The molecule has 0 aliphatic rings. The standard InChI is InChI=1S/C14H26O3P2/c1-12(2)14(15)17-11-9-7-5-3-4-6-8-10-13(18)19-16/h13H,1,3-11,18H2,2H3. The van der Waals surface area contributed by atoms with E-state index in [1.807, 2.05) is 0 Å². The summed E-state index contributed by atoms with van der Waals surface area (Å²) in [7, 11) is 2.84. The summed E-state index contributed by atoms with van der Waals surface area (Å²) in [6, 6.07) is 0. The van der Waals surface area contributed by atoms with Crippen LogP contribution in [0.1, 0.15) is 58.3 Å². The van der Waals surface area contributed by atoms with Gasteiger partial charge < -0.3 is 4.74 Å². The number of hydrogen-bond acceptors (Lipinski definition) is 3. The highest BCUT2D eigenvalue weighted by Crippen LogP contribution is 2.21. The van der Waals surface area contributed by atoms with Crippen molar-refractivity contribution in [1.82, 2.24) is 0 Å². The van der Waals surface area contributed by atoms with Crippen molar-refractivity contribution in [1.29, 1.82) is 0 Å². The van der Waals surface area contributed by atoms with Gasteiger partial charge in [-0.25, -0.2) is 4.79 Å². The molecule has 0 aromatic carbocycles. The molecule has 0 aliphatic heterocycles. The molecule has 19 heavy (non-hydrogen) atoms. The Kier molecular flexibility index (Phi) is 12.6. The lowest BCUT2D eigenvalue weighted by Crippen LogP contribution is -2.05. The first-order valence-electron chi connectivity index (χ1n) is 6.98. The molecule has 5 heteroatoms. The van der Waals surface area contributed by atoms with Crippen molar-refractivity contribution in [2.24, 2.45) is 0 Å². The Balaban J connectivity index is 3.17. The Bertz CT molecular complexity index is 280. The monoisotopic (exact) mass is 304 g/mol. The molecule has 0 bridgehead atoms. The van der Waals surface area contributed by atoms with Gasteiger partial charge in [-0.1, -0.05) is 45.1 Å². The van der Waals surface area contributed by atoms with Crippen LogP contribution in [0.3, 0.4) is 0 Å². The Morgan fingerprint density at radius 1 is 1.16 bits per heavy atom. The lowest BCUT2D eigenvalue weighted by molar-refractivity contribution is -0.139. The van der Waals surface area contributed by atoms with Crippen LogP contribution in [0.5, 0.6) is 0 Å². The second-order valence-corrected chi connectivity index (χ2v) is 7.09. The van der Waals surface area contributed by atoms with Crippen LogP contribution in [0, 0.1) is 0 Å². The van der Waals surface area contributed by atoms with Crippen molar-refractivity contribution in [2.45, 2.75) is 63.7 Å². The quantitative estimate of drug-likeness (QED) is 0.227. The Morgan fingerprint density at radius 3 is 2.21 bits per heavy atom. The zero-order valence-corrected chi connectivity index (χ0v) is 13.9. The number of ether oxygens (including phenoxy) is 1. The Morgan fingerprint density at radius 2 is 1.68 bits per heavy atom. The van der Waals surface area contributed by atoms with Crippen molar-refractivity contribution in [3.63, 3.8) is 0 Å². The highest BCUT2D eigenvalue weighted by atomic mass is 31.1. The van der Waals surface area contributed by atoms with E-state index in [0.29, 0.717) is 12.2 Å². The smallest absolute Gasteiger partial charge is 0.333 e. The van der Waals surface area contributed by atoms with E-state index in [1.54, 1.807) is 6.92 Å². The summed E-state index contributed by atoms with van der Waals surface area (Å²) < 4.78 is 15.5. The lowest BCUT2D eigenvalue weighted by atomic mass is 10.1. The molecular weight excluding hydrogens is 278 g/mol. The van der Waals surface area contributed by atoms with Gasteiger partial charge in [0, 0.05) is 5.57 Å². The molecule has 110 valence electrons. The van der Waals surface area contributed by atoms with Gasteiger partial charge in [-0.05, 0) is 19.8 Å². The molecule has 3 nitrogen and oxygen atoms in total. The van der Waals surface area contributed by atoms with E-state index in [4.69, 9.17) is 4.74 Å². The van der Waals surface area contributed by atoms with Crippen LogP contribution in [0.4, 0.5) is 0 Å². The Hall–Kier alpha value is -0.260. The van der Waals surface area contributed by atoms with Crippen molar-refractivity contribution >= 4 is 23.7 Å². The molecule has 0 heterocycles. The van der Waals surface area contributed by atoms with Crippen molar-refractivity contribution in [3.05, 3.63) is 12.2 Å². The van der Waals surface area contributed by atoms with E-state index in [-0.39, 0.29) is 19.8 Å². The molecule has 0 amide bonds. The van der Waals surface area contributed by atoms with Crippen LogP contribution < -0.4 is 0 Å². The molecule has 0 saturated heterocycles. The molecule has 0 aromatic rings. The first-order chi connectivity index (χ1) is 9.07. The molecule has 0 aliphatic carbocycles. The highest BCUT2D eigenvalue weighted by molar-refractivity contribution is 7.41. The minimum absolute atomic E-state index is 0.225. The number of esters is 1. The van der Waals surface area contributed by atoms with E-state index in [9.17, 15) is 9.36 Å². The van der Waals surface area contributed by atoms with E-state index >= 15 is 0 Å². The summed E-state index contributed by atoms with van der Waals surface area (Å²) >= 11 is 0. The van der Waals surface area contributed by atoms with Crippen molar-refractivity contribution in [2.75, 3.05) is 6.61 Å². The summed E-state index contributed by atoms with van der Waals surface area (Å²) in [4.78, 5) is 11.1. The summed E-state index contributed by atoms with van der Waals surface area (Å²) in [5, 5.41) is 0.225. The molecule has 0 N–H and O–H groups in total. The van der Waals surface area contributed by atoms with E-state index in [0.717, 1.165) is 25.7 Å². The van der Waals surface area contributed by atoms with Gasteiger partial charge in [-0.3, -0.25) is 4.57 Å². The van der Waals surface area contributed by atoms with Gasteiger partial charge in [0.2, 0.25) is 0 Å². The molecule has 0 radical (unpaired) electrons. The molecular formula is C14H26O3P2. The zero-order chi connectivity index (χ0) is 14.5. The van der Waals surface area contributed by atoms with E-state index < -0.39 is 0 Å². The van der Waals surface area contributed by atoms with Crippen LogP contribution in [-0.4, -0.2) is 18.0 Å². The first kappa shape index (κ1) is 18.7. The molecule has 2 atom stereocenters. The lowest BCUT2D eigenvalue weighted by Gasteiger charge is -2.05. The maximum Gasteiger partial charge on any atom is 0.333 e. The fourth-order valence-corrected chi connectivity index (χ4v) is 2.20. The normalized spacial score (nSPS) is 12.3. The molecule has 0 aromatic heterocycles. The summed E-state index contributed by atoms with van der Waals surface area (Å²) in [5.74, 6) is -0.287. The number of hydrogen-bond donors (Lipinski definition) is 0. The van der Waals surface area contributed by atoms with Crippen LogP contribution in [0.15, 0.2) is 12.2 Å². The first-order valence-corrected chi connectivity index (χ1v) is 8.53. The van der Waals surface area contributed by atoms with Gasteiger partial charge in [0.15, 0.2) is 8.46 Å². The zero-order valence-electron chi connectivity index (χ0n) is 11.9. The van der Waals surface area contributed by atoms with Gasteiger partial charge >= 0.3 is 5.97 Å². The third-order valence-corrected chi connectivity index (χ3v) is 4.09. The second kappa shape index (κ2) is 12.8. The summed E-state index contributed by atoms with van der Waals surface area (Å²) in [6.07, 6.45) is 9.08. The minimum Gasteiger partial charge on any atom is -0.462 e. The average Bonchev–Trinajstić information content (AvgIpc) is 2.39. The topological polar surface area (TPSA) is 43.4 Å². The fraction of sp³-hybridized carbons (Fsp3) is 0.786. The van der Waals surface area contributed by atoms with Gasteiger partial charge in [0.05, 0.1) is 12.0 Å². The number of unbranched alkanes of at least 4 members (excludes halogenated alkanes) is 6. The van der Waals surface area contributed by atoms with Crippen LogP contribution in [0.25, 0.3) is 0 Å². The van der Waals surface area contributed by atoms with Crippen LogP contribution in [0.2, 0.25) is 0 Å². The average molecular weight is 304 g/mol. The van der Waals surface area contributed by atoms with Crippen LogP contribution in [-0.2, 0) is 14.1 Å². The van der Waals surface area contributed by atoms with E-state index in [1.165, 1.54) is 25.7 Å². The molecule has 0 saturated carbocycles. The predicted molar refractivity (Wildman–Crippen MR) is 83.8 cm³/mol. The number of carbonyl (C=O) groups is 1. The van der Waals surface area contributed by atoms with Gasteiger partial charge in [0.1, 0.15) is 0 Å². The summed E-state index contributed by atoms with van der Waals surface area (Å²) in [5.41, 5.74) is 0.463. The summed E-state index contributed by atoms with van der Waals surface area (Å²) in [6.45, 7) is 5.70. The van der Waals surface area contributed by atoms with Gasteiger partial charge in [-0.2, -0.15) is 0 Å². The maximum atomic E-state index is 11.1. The third kappa shape index (κ3) is 12.5. The highest BCUT2D eigenvalue weighted by Gasteiger charge is 2.02. The van der Waals surface area contributed by atoms with Crippen LogP contribution >= 0.6 is 17.7 Å². The fourth-order valence-electron chi connectivity index (χ4n) is 1.68. The van der Waals surface area contributed by atoms with Crippen molar-refractivity contribution < 1.29 is 14.1 Å². The Labute approximate surface area is 121 Å². The minimum atomic E-state index is -0.287. The SMILES string of the molecule is C=C(C)C(=O)OCCCCCCCCCC(P)P=O. The third-order valence-electron chi connectivity index (χ3n) is 2.86. The van der Waals surface area contributed by atoms with E-state index in [2.05, 4.69) is 15.8 Å². The molecule has 0 rings (SSSR count). The maximum absolute atomic E-state index is 11.1. The molecule has 0 fully saturated rings. The van der Waals surface area contributed by atoms with Gasteiger partial charge in [-0.15, -0.1) is 9.24 Å². The molecule has 2 unspecified atom stereocenters. The van der Waals surface area contributed by atoms with Gasteiger partial charge in [0.25, 0.3) is 0 Å². The molecule has 0 spiro atoms. The predicted octanol–water partition coefficient (Wildman–Crippen LogP) is 4.72. The number of rotatable bonds is 12.